The summed E-state index contributed by atoms with van der Waals surface area (Å²) >= 11 is 11.9. The molecule has 1 amide bonds. The number of carbonyl (C=O) groups is 1. The van der Waals surface area contributed by atoms with Gasteiger partial charge in [-0.15, -0.1) is 0 Å². The Balaban J connectivity index is 2.25. The minimum Gasteiger partial charge on any atom is -0.397 e. The summed E-state index contributed by atoms with van der Waals surface area (Å²) in [5, 5.41) is 0.608. The first-order valence-electron chi connectivity index (χ1n) is 6.14. The predicted molar refractivity (Wildman–Crippen MR) is 78.9 cm³/mol. The summed E-state index contributed by atoms with van der Waals surface area (Å²) in [6.45, 7) is 4.47. The van der Waals surface area contributed by atoms with Gasteiger partial charge in [-0.3, -0.25) is 4.79 Å². The Labute approximate surface area is 123 Å². The van der Waals surface area contributed by atoms with Gasteiger partial charge in [-0.05, 0) is 26.1 Å². The second kappa shape index (κ2) is 5.57. The third kappa shape index (κ3) is 2.96. The first-order valence-corrected chi connectivity index (χ1v) is 6.89. The van der Waals surface area contributed by atoms with Crippen molar-refractivity contribution >= 4 is 34.8 Å². The maximum Gasteiger partial charge on any atom is 0.254 e. The summed E-state index contributed by atoms with van der Waals surface area (Å²) in [4.78, 5) is 16.5. The van der Waals surface area contributed by atoms with Crippen molar-refractivity contribution in [2.45, 2.75) is 13.0 Å². The number of amides is 1. The van der Waals surface area contributed by atoms with Crippen molar-refractivity contribution in [3.8, 4) is 0 Å². The maximum absolute atomic E-state index is 12.5. The molecule has 0 aliphatic carbocycles. The Morgan fingerprint density at radius 2 is 2.05 bits per heavy atom. The van der Waals surface area contributed by atoms with Gasteiger partial charge in [-0.2, -0.15) is 0 Å². The molecule has 1 heterocycles. The lowest BCUT2D eigenvalue weighted by Gasteiger charge is -2.38. The van der Waals surface area contributed by atoms with Crippen molar-refractivity contribution in [1.82, 2.24) is 9.80 Å². The van der Waals surface area contributed by atoms with Gasteiger partial charge in [0.05, 0.1) is 15.7 Å². The van der Waals surface area contributed by atoms with Gasteiger partial charge in [0.1, 0.15) is 0 Å². The third-order valence-electron chi connectivity index (χ3n) is 3.39. The molecule has 0 radical (unpaired) electrons. The zero-order valence-electron chi connectivity index (χ0n) is 11.0. The molecule has 0 aromatic heterocycles. The molecule has 0 spiro atoms. The SMILES string of the molecule is CC1CN(C)CCN1C(=O)c1cc(N)c(Cl)c(Cl)c1. The van der Waals surface area contributed by atoms with Crippen molar-refractivity contribution in [2.24, 2.45) is 0 Å². The van der Waals surface area contributed by atoms with Gasteiger partial charge in [-0.1, -0.05) is 23.2 Å². The molecule has 1 fully saturated rings. The Bertz CT molecular complexity index is 484. The average molecular weight is 302 g/mol. The molecule has 2 N–H and O–H groups in total. The summed E-state index contributed by atoms with van der Waals surface area (Å²) in [7, 11) is 2.05. The predicted octanol–water partition coefficient (Wildman–Crippen LogP) is 2.35. The second-order valence-electron chi connectivity index (χ2n) is 4.97. The first kappa shape index (κ1) is 14.4. The van der Waals surface area contributed by atoms with Gasteiger partial charge < -0.3 is 15.5 Å². The number of hydrogen-bond donors (Lipinski definition) is 1. The highest BCUT2D eigenvalue weighted by molar-refractivity contribution is 6.43. The Hall–Kier alpha value is -0.970. The third-order valence-corrected chi connectivity index (χ3v) is 4.21. The van der Waals surface area contributed by atoms with Crippen LogP contribution in [0.3, 0.4) is 0 Å². The maximum atomic E-state index is 12.5. The average Bonchev–Trinajstić information content (AvgIpc) is 2.34. The fourth-order valence-electron chi connectivity index (χ4n) is 2.34. The van der Waals surface area contributed by atoms with E-state index in [0.717, 1.165) is 13.1 Å². The van der Waals surface area contributed by atoms with Gasteiger partial charge in [0.2, 0.25) is 0 Å². The topological polar surface area (TPSA) is 49.6 Å². The van der Waals surface area contributed by atoms with Crippen LogP contribution < -0.4 is 5.73 Å². The zero-order valence-corrected chi connectivity index (χ0v) is 12.5. The number of benzene rings is 1. The van der Waals surface area contributed by atoms with Crippen molar-refractivity contribution in [2.75, 3.05) is 32.4 Å². The molecule has 1 unspecified atom stereocenters. The molecule has 6 heteroatoms. The summed E-state index contributed by atoms with van der Waals surface area (Å²) < 4.78 is 0. The minimum atomic E-state index is -0.0501. The lowest BCUT2D eigenvalue weighted by atomic mass is 10.1. The molecule has 1 saturated heterocycles. The summed E-state index contributed by atoms with van der Waals surface area (Å²) in [5.41, 5.74) is 6.57. The monoisotopic (exact) mass is 301 g/mol. The van der Waals surface area contributed by atoms with E-state index in [2.05, 4.69) is 11.9 Å². The lowest BCUT2D eigenvalue weighted by Crippen LogP contribution is -2.52. The van der Waals surface area contributed by atoms with E-state index in [1.165, 1.54) is 0 Å². The van der Waals surface area contributed by atoms with E-state index < -0.39 is 0 Å². The zero-order chi connectivity index (χ0) is 14.2. The highest BCUT2D eigenvalue weighted by Gasteiger charge is 2.27. The fraction of sp³-hybridized carbons (Fsp3) is 0.462. The molecule has 1 aromatic rings. The molecular weight excluding hydrogens is 285 g/mol. The summed E-state index contributed by atoms with van der Waals surface area (Å²) in [5.74, 6) is -0.0501. The molecule has 1 atom stereocenters. The molecule has 104 valence electrons. The number of rotatable bonds is 1. The highest BCUT2D eigenvalue weighted by atomic mass is 35.5. The molecule has 0 bridgehead atoms. The van der Waals surface area contributed by atoms with E-state index >= 15 is 0 Å². The van der Waals surface area contributed by atoms with Crippen LogP contribution in [0.4, 0.5) is 5.69 Å². The number of nitrogens with two attached hydrogens (primary N) is 1. The van der Waals surface area contributed by atoms with E-state index in [9.17, 15) is 4.79 Å². The van der Waals surface area contributed by atoms with E-state index in [4.69, 9.17) is 28.9 Å². The number of likely N-dealkylation sites (N-methyl/N-ethyl adjacent to an activating group) is 1. The first-order chi connectivity index (χ1) is 8.90. The van der Waals surface area contributed by atoms with Crippen LogP contribution in [0.2, 0.25) is 10.0 Å². The Kier molecular flexibility index (Phi) is 4.23. The molecule has 1 aliphatic rings. The highest BCUT2D eigenvalue weighted by Crippen LogP contribution is 2.30. The minimum absolute atomic E-state index is 0.0501. The van der Waals surface area contributed by atoms with Gasteiger partial charge in [0, 0.05) is 31.2 Å². The van der Waals surface area contributed by atoms with Gasteiger partial charge >= 0.3 is 0 Å². The van der Waals surface area contributed by atoms with Crippen molar-refractivity contribution < 1.29 is 4.79 Å². The molecular formula is C13H17Cl2N3O. The number of hydrogen-bond acceptors (Lipinski definition) is 3. The number of carbonyl (C=O) groups excluding carboxylic acids is 1. The van der Waals surface area contributed by atoms with Crippen molar-refractivity contribution in [3.63, 3.8) is 0 Å². The van der Waals surface area contributed by atoms with Crippen LogP contribution in [-0.4, -0.2) is 48.4 Å². The Morgan fingerprint density at radius 1 is 1.37 bits per heavy atom. The van der Waals surface area contributed by atoms with E-state index in [1.807, 2.05) is 11.8 Å². The van der Waals surface area contributed by atoms with E-state index in [0.29, 0.717) is 27.8 Å². The fourth-order valence-corrected chi connectivity index (χ4v) is 2.68. The van der Waals surface area contributed by atoms with Crippen LogP contribution in [0.25, 0.3) is 0 Å². The molecule has 2 rings (SSSR count). The van der Waals surface area contributed by atoms with Crippen molar-refractivity contribution in [1.29, 1.82) is 0 Å². The summed E-state index contributed by atoms with van der Waals surface area (Å²) in [6, 6.07) is 3.33. The normalized spacial score (nSPS) is 20.6. The lowest BCUT2D eigenvalue weighted by molar-refractivity contribution is 0.0533. The van der Waals surface area contributed by atoms with Crippen LogP contribution in [0.1, 0.15) is 17.3 Å². The van der Waals surface area contributed by atoms with Gasteiger partial charge in [-0.25, -0.2) is 0 Å². The molecule has 19 heavy (non-hydrogen) atoms. The molecule has 1 aromatic carbocycles. The van der Waals surface area contributed by atoms with Crippen LogP contribution in [0.15, 0.2) is 12.1 Å². The van der Waals surface area contributed by atoms with E-state index in [1.54, 1.807) is 12.1 Å². The number of nitrogens with zero attached hydrogens (tertiary/aromatic N) is 2. The van der Waals surface area contributed by atoms with Gasteiger partial charge in [0.25, 0.3) is 5.91 Å². The standard InChI is InChI=1S/C13H17Cl2N3O/c1-8-7-17(2)3-4-18(8)13(19)9-5-10(14)12(15)11(16)6-9/h5-6,8H,3-4,7,16H2,1-2H3. The molecule has 0 saturated carbocycles. The van der Waals surface area contributed by atoms with Crippen LogP contribution >= 0.6 is 23.2 Å². The number of halogens is 2. The van der Waals surface area contributed by atoms with Crippen molar-refractivity contribution in [3.05, 3.63) is 27.7 Å². The quantitative estimate of drug-likeness (QED) is 0.810. The van der Waals surface area contributed by atoms with Crippen LogP contribution in [0, 0.1) is 0 Å². The van der Waals surface area contributed by atoms with Crippen LogP contribution in [-0.2, 0) is 0 Å². The number of nitrogen functional groups attached to an aromatic ring is 1. The van der Waals surface area contributed by atoms with Crippen LogP contribution in [0.5, 0.6) is 0 Å². The largest absolute Gasteiger partial charge is 0.397 e. The summed E-state index contributed by atoms with van der Waals surface area (Å²) in [6.07, 6.45) is 0. The molecule has 4 nitrogen and oxygen atoms in total. The smallest absolute Gasteiger partial charge is 0.254 e. The van der Waals surface area contributed by atoms with E-state index in [-0.39, 0.29) is 11.9 Å². The molecule has 1 aliphatic heterocycles. The Morgan fingerprint density at radius 3 is 2.63 bits per heavy atom. The second-order valence-corrected chi connectivity index (χ2v) is 5.76. The van der Waals surface area contributed by atoms with Gasteiger partial charge in [0.15, 0.2) is 0 Å². The number of anilines is 1. The number of piperazine rings is 1.